The van der Waals surface area contributed by atoms with E-state index in [0.29, 0.717) is 5.56 Å². The fraction of sp³-hybridized carbons (Fsp3) is 0.125. The molecule has 1 unspecified atom stereocenters. The minimum Gasteiger partial charge on any atom is -0.446 e. The average molecular weight is 373 g/mol. The smallest absolute Gasteiger partial charge is 0.339 e. The number of ether oxygens (including phenoxy) is 1. The Kier molecular flexibility index (Phi) is 6.35. The van der Waals surface area contributed by atoms with Crippen molar-refractivity contribution in [1.29, 1.82) is 0 Å². The van der Waals surface area contributed by atoms with Crippen molar-refractivity contribution in [2.24, 2.45) is 0 Å². The van der Waals surface area contributed by atoms with Crippen molar-refractivity contribution in [2.45, 2.75) is 34.6 Å². The molecule has 0 amide bonds. The molecule has 3 rings (SSSR count). The van der Waals surface area contributed by atoms with Crippen molar-refractivity contribution < 1.29 is 9.53 Å². The second kappa shape index (κ2) is 9.12. The summed E-state index contributed by atoms with van der Waals surface area (Å²) in [4.78, 5) is 16.0. The fourth-order valence-corrected chi connectivity index (χ4v) is 4.87. The van der Waals surface area contributed by atoms with Crippen LogP contribution in [-0.2, 0) is 15.6 Å². The molecule has 0 aliphatic carbocycles. The number of rotatable bonds is 5. The second-order valence-corrected chi connectivity index (χ2v) is 7.93. The molecule has 0 saturated carbocycles. The van der Waals surface area contributed by atoms with Crippen LogP contribution in [0.5, 0.6) is 0 Å². The van der Waals surface area contributed by atoms with Gasteiger partial charge < -0.3 is 4.74 Å². The lowest BCUT2D eigenvalue weighted by atomic mass is 10.2. The zero-order chi connectivity index (χ0) is 19.1. The fourth-order valence-electron chi connectivity index (χ4n) is 2.73. The van der Waals surface area contributed by atoms with Gasteiger partial charge in [0.15, 0.2) is 20.8 Å². The Balaban J connectivity index is 1.98. The average Bonchev–Trinajstić information content (AvgIpc) is 2.70. The Morgan fingerprint density at radius 3 is 1.96 bits per heavy atom. The zero-order valence-electron chi connectivity index (χ0n) is 15.4. The molecule has 0 N–H and O–H groups in total. The van der Waals surface area contributed by atoms with E-state index < -0.39 is 6.10 Å². The highest BCUT2D eigenvalue weighted by atomic mass is 32.2. The van der Waals surface area contributed by atoms with Crippen LogP contribution in [0.4, 0.5) is 0 Å². The molecule has 2 nitrogen and oxygen atoms in total. The van der Waals surface area contributed by atoms with Gasteiger partial charge in [-0.25, -0.2) is 4.79 Å². The predicted molar refractivity (Wildman–Crippen MR) is 110 cm³/mol. The molecule has 134 valence electrons. The summed E-state index contributed by atoms with van der Waals surface area (Å²) in [6.07, 6.45) is -0.423. The molecule has 0 aromatic heterocycles. The quantitative estimate of drug-likeness (QED) is 0.342. The number of hydrogen-bond donors (Lipinski definition) is 0. The van der Waals surface area contributed by atoms with E-state index in [1.807, 2.05) is 48.5 Å². The molecule has 0 fully saturated rings. The Morgan fingerprint density at radius 1 is 0.852 bits per heavy atom. The highest BCUT2D eigenvalue weighted by Gasteiger charge is 2.29. The molecule has 0 saturated heterocycles. The number of carbonyl (C=O) groups is 1. The van der Waals surface area contributed by atoms with E-state index >= 15 is 0 Å². The van der Waals surface area contributed by atoms with E-state index in [-0.39, 0.29) is 16.9 Å². The third-order valence-electron chi connectivity index (χ3n) is 3.89. The van der Waals surface area contributed by atoms with Crippen LogP contribution >= 0.6 is 0 Å². The summed E-state index contributed by atoms with van der Waals surface area (Å²) < 4.78 is 5.41. The predicted octanol–water partition coefficient (Wildman–Crippen LogP) is 5.35. The number of esters is 1. The standard InChI is InChI=1S/C24H21O2S/c1-3-11-19(2)26-24(25)20-12-10-17-23(18-20)27(21-13-6-4-7-14-21)22-15-8-5-9-16-22/h4-10,12-19H,1-2H3/q+1. The molecule has 1 atom stereocenters. The lowest BCUT2D eigenvalue weighted by Gasteiger charge is -2.10. The molecular formula is C24H21O2S+. The third kappa shape index (κ3) is 4.81. The number of carbonyl (C=O) groups excluding carboxylic acids is 1. The van der Waals surface area contributed by atoms with Gasteiger partial charge in [0.1, 0.15) is 0 Å². The second-order valence-electron chi connectivity index (χ2n) is 5.90. The van der Waals surface area contributed by atoms with Crippen molar-refractivity contribution >= 4 is 16.9 Å². The lowest BCUT2D eigenvalue weighted by molar-refractivity contribution is 0.0438. The van der Waals surface area contributed by atoms with E-state index in [2.05, 4.69) is 42.2 Å². The van der Waals surface area contributed by atoms with Crippen LogP contribution in [0.15, 0.2) is 99.6 Å². The van der Waals surface area contributed by atoms with E-state index in [1.165, 1.54) is 9.79 Å². The Hall–Kier alpha value is -2.96. The van der Waals surface area contributed by atoms with Crippen LogP contribution < -0.4 is 0 Å². The lowest BCUT2D eigenvalue weighted by Crippen LogP contribution is -2.14. The van der Waals surface area contributed by atoms with Crippen LogP contribution in [0, 0.1) is 11.8 Å². The first kappa shape index (κ1) is 18.8. The van der Waals surface area contributed by atoms with Crippen molar-refractivity contribution in [2.75, 3.05) is 0 Å². The van der Waals surface area contributed by atoms with Gasteiger partial charge in [-0.2, -0.15) is 0 Å². The van der Waals surface area contributed by atoms with Gasteiger partial charge in [-0.3, -0.25) is 0 Å². The molecule has 3 heteroatoms. The summed E-state index contributed by atoms with van der Waals surface area (Å²) in [5.74, 6) is 5.26. The van der Waals surface area contributed by atoms with Crippen LogP contribution in [0.1, 0.15) is 24.2 Å². The van der Waals surface area contributed by atoms with Gasteiger partial charge >= 0.3 is 5.97 Å². The SMILES string of the molecule is CC#CC(C)OC(=O)c1cccc([S+](c2ccccc2)c2ccccc2)c1. The van der Waals surface area contributed by atoms with Crippen LogP contribution in [-0.4, -0.2) is 12.1 Å². The number of hydrogen-bond acceptors (Lipinski definition) is 2. The van der Waals surface area contributed by atoms with Crippen molar-refractivity contribution in [1.82, 2.24) is 0 Å². The molecule has 0 spiro atoms. The maximum absolute atomic E-state index is 12.5. The maximum atomic E-state index is 12.5. The maximum Gasteiger partial charge on any atom is 0.339 e. The highest BCUT2D eigenvalue weighted by Crippen LogP contribution is 2.31. The summed E-state index contributed by atoms with van der Waals surface area (Å²) in [5, 5.41) is 0. The Labute approximate surface area is 163 Å². The molecule has 0 bridgehead atoms. The first-order valence-corrected chi connectivity index (χ1v) is 9.99. The van der Waals surface area contributed by atoms with E-state index in [9.17, 15) is 4.79 Å². The first-order valence-electron chi connectivity index (χ1n) is 8.77. The number of benzene rings is 3. The van der Waals surface area contributed by atoms with Crippen LogP contribution in [0.3, 0.4) is 0 Å². The molecule has 0 radical (unpaired) electrons. The minimum absolute atomic E-state index is 0.293. The van der Waals surface area contributed by atoms with Gasteiger partial charge in [0, 0.05) is 6.07 Å². The summed E-state index contributed by atoms with van der Waals surface area (Å²) >= 11 is 0. The molecule has 3 aromatic carbocycles. The van der Waals surface area contributed by atoms with Crippen LogP contribution in [0.2, 0.25) is 0 Å². The molecule has 0 heterocycles. The Bertz CT molecular complexity index is 916. The largest absolute Gasteiger partial charge is 0.446 e. The van der Waals surface area contributed by atoms with Gasteiger partial charge in [-0.05, 0) is 50.2 Å². The monoisotopic (exact) mass is 373 g/mol. The topological polar surface area (TPSA) is 26.3 Å². The van der Waals surface area contributed by atoms with Gasteiger partial charge in [0.25, 0.3) is 0 Å². The summed E-state index contributed by atoms with van der Waals surface area (Å²) in [6, 6.07) is 28.4. The van der Waals surface area contributed by atoms with E-state index in [1.54, 1.807) is 19.9 Å². The summed E-state index contributed by atoms with van der Waals surface area (Å²) in [6.45, 7) is 3.51. The molecular weight excluding hydrogens is 352 g/mol. The van der Waals surface area contributed by atoms with Crippen LogP contribution in [0.25, 0.3) is 0 Å². The first-order chi connectivity index (χ1) is 13.2. The Morgan fingerprint density at radius 2 is 1.41 bits per heavy atom. The van der Waals surface area contributed by atoms with Crippen molar-refractivity contribution in [3.63, 3.8) is 0 Å². The normalized spacial score (nSPS) is 11.4. The molecule has 27 heavy (non-hydrogen) atoms. The van der Waals surface area contributed by atoms with Crippen molar-refractivity contribution in [3.8, 4) is 11.8 Å². The molecule has 0 aliphatic heterocycles. The summed E-state index contributed by atoms with van der Waals surface area (Å²) in [5.41, 5.74) is 0.543. The van der Waals surface area contributed by atoms with Gasteiger partial charge in [0.2, 0.25) is 0 Å². The third-order valence-corrected chi connectivity index (χ3v) is 6.11. The summed E-state index contributed by atoms with van der Waals surface area (Å²) in [7, 11) is -0.293. The van der Waals surface area contributed by atoms with Gasteiger partial charge in [0.05, 0.1) is 16.5 Å². The molecule has 0 aliphatic rings. The van der Waals surface area contributed by atoms with E-state index in [0.717, 1.165) is 4.90 Å². The molecule has 3 aromatic rings. The van der Waals surface area contributed by atoms with Gasteiger partial charge in [-0.15, -0.1) is 5.92 Å². The van der Waals surface area contributed by atoms with Crippen molar-refractivity contribution in [3.05, 3.63) is 90.5 Å². The van der Waals surface area contributed by atoms with Gasteiger partial charge in [-0.1, -0.05) is 48.4 Å². The van der Waals surface area contributed by atoms with E-state index in [4.69, 9.17) is 4.74 Å². The highest BCUT2D eigenvalue weighted by molar-refractivity contribution is 7.97. The minimum atomic E-state index is -0.423. The zero-order valence-corrected chi connectivity index (χ0v) is 16.2.